The fourth-order valence-corrected chi connectivity index (χ4v) is 2.10. The van der Waals surface area contributed by atoms with Crippen LogP contribution in [0.25, 0.3) is 0 Å². The topological polar surface area (TPSA) is 100 Å². The van der Waals surface area contributed by atoms with Gasteiger partial charge in [0, 0.05) is 26.7 Å². The van der Waals surface area contributed by atoms with Gasteiger partial charge in [0.2, 0.25) is 5.91 Å². The van der Waals surface area contributed by atoms with E-state index in [1.54, 1.807) is 25.2 Å². The molecule has 0 saturated carbocycles. The SMILES string of the molecule is CNC(=O)C1CNCCN1c1cccc(C(N)=O)n1. The molecule has 1 saturated heterocycles. The molecule has 1 atom stereocenters. The number of nitrogens with one attached hydrogen (secondary N) is 2. The third-order valence-electron chi connectivity index (χ3n) is 3.07. The average molecular weight is 263 g/mol. The van der Waals surface area contributed by atoms with Crippen molar-refractivity contribution in [2.75, 3.05) is 31.6 Å². The van der Waals surface area contributed by atoms with Gasteiger partial charge in [0.1, 0.15) is 17.6 Å². The van der Waals surface area contributed by atoms with Crippen molar-refractivity contribution in [3.8, 4) is 0 Å². The minimum Gasteiger partial charge on any atom is -0.364 e. The van der Waals surface area contributed by atoms with E-state index in [1.165, 1.54) is 0 Å². The number of hydrogen-bond acceptors (Lipinski definition) is 5. The third kappa shape index (κ3) is 2.82. The zero-order chi connectivity index (χ0) is 13.8. The molecule has 1 aliphatic rings. The van der Waals surface area contributed by atoms with Gasteiger partial charge in [-0.15, -0.1) is 0 Å². The number of nitrogens with two attached hydrogens (primary N) is 1. The first-order valence-electron chi connectivity index (χ1n) is 6.09. The third-order valence-corrected chi connectivity index (χ3v) is 3.07. The second kappa shape index (κ2) is 5.66. The molecule has 19 heavy (non-hydrogen) atoms. The molecule has 2 amide bonds. The summed E-state index contributed by atoms with van der Waals surface area (Å²) in [5, 5.41) is 5.80. The summed E-state index contributed by atoms with van der Waals surface area (Å²) in [7, 11) is 1.60. The van der Waals surface area contributed by atoms with Crippen LogP contribution in [0.5, 0.6) is 0 Å². The van der Waals surface area contributed by atoms with E-state index in [1.807, 2.05) is 4.90 Å². The van der Waals surface area contributed by atoms with Crippen LogP contribution in [0.1, 0.15) is 10.5 Å². The summed E-state index contributed by atoms with van der Waals surface area (Å²) >= 11 is 0. The maximum atomic E-state index is 11.9. The number of rotatable bonds is 3. The number of carbonyl (C=O) groups excluding carboxylic acids is 2. The van der Waals surface area contributed by atoms with Crippen LogP contribution in [0.4, 0.5) is 5.82 Å². The fourth-order valence-electron chi connectivity index (χ4n) is 2.10. The molecule has 2 heterocycles. The Bertz CT molecular complexity index is 491. The molecule has 0 aliphatic carbocycles. The molecule has 1 aliphatic heterocycles. The Hall–Kier alpha value is -2.15. The van der Waals surface area contributed by atoms with Crippen LogP contribution in [0.15, 0.2) is 18.2 Å². The minimum atomic E-state index is -0.575. The Kier molecular flexibility index (Phi) is 3.96. The molecule has 4 N–H and O–H groups in total. The molecule has 1 unspecified atom stereocenters. The lowest BCUT2D eigenvalue weighted by Gasteiger charge is -2.35. The smallest absolute Gasteiger partial charge is 0.267 e. The van der Waals surface area contributed by atoms with Gasteiger partial charge in [0.05, 0.1) is 0 Å². The molecule has 0 radical (unpaired) electrons. The summed E-state index contributed by atoms with van der Waals surface area (Å²) in [4.78, 5) is 29.1. The van der Waals surface area contributed by atoms with Crippen LogP contribution < -0.4 is 21.3 Å². The lowest BCUT2D eigenvalue weighted by atomic mass is 10.1. The van der Waals surface area contributed by atoms with E-state index in [0.717, 1.165) is 6.54 Å². The Morgan fingerprint density at radius 3 is 3.00 bits per heavy atom. The summed E-state index contributed by atoms with van der Waals surface area (Å²) in [6.45, 7) is 1.95. The van der Waals surface area contributed by atoms with Crippen molar-refractivity contribution in [2.45, 2.75) is 6.04 Å². The van der Waals surface area contributed by atoms with Gasteiger partial charge in [-0.3, -0.25) is 9.59 Å². The van der Waals surface area contributed by atoms with E-state index in [9.17, 15) is 9.59 Å². The summed E-state index contributed by atoms with van der Waals surface area (Å²) < 4.78 is 0. The highest BCUT2D eigenvalue weighted by molar-refractivity contribution is 5.91. The highest BCUT2D eigenvalue weighted by Gasteiger charge is 2.29. The zero-order valence-corrected chi connectivity index (χ0v) is 10.7. The van der Waals surface area contributed by atoms with Crippen LogP contribution in [-0.4, -0.2) is 49.5 Å². The molecule has 1 fully saturated rings. The molecule has 1 aromatic heterocycles. The normalized spacial score (nSPS) is 19.0. The number of amides is 2. The number of hydrogen-bond donors (Lipinski definition) is 3. The van der Waals surface area contributed by atoms with Crippen LogP contribution in [0, 0.1) is 0 Å². The van der Waals surface area contributed by atoms with Crippen LogP contribution in [-0.2, 0) is 4.79 Å². The molecule has 0 bridgehead atoms. The van der Waals surface area contributed by atoms with Crippen molar-refractivity contribution in [1.82, 2.24) is 15.6 Å². The van der Waals surface area contributed by atoms with Crippen molar-refractivity contribution in [3.63, 3.8) is 0 Å². The van der Waals surface area contributed by atoms with Gasteiger partial charge in [-0.2, -0.15) is 0 Å². The minimum absolute atomic E-state index is 0.0847. The first-order chi connectivity index (χ1) is 9.13. The maximum Gasteiger partial charge on any atom is 0.267 e. The van der Waals surface area contributed by atoms with E-state index in [2.05, 4.69) is 15.6 Å². The number of aromatic nitrogens is 1. The van der Waals surface area contributed by atoms with Gasteiger partial charge in [0.25, 0.3) is 5.91 Å². The predicted molar refractivity (Wildman–Crippen MR) is 70.8 cm³/mol. The Morgan fingerprint density at radius 1 is 1.53 bits per heavy atom. The van der Waals surface area contributed by atoms with Gasteiger partial charge in [-0.25, -0.2) is 4.98 Å². The van der Waals surface area contributed by atoms with Crippen LogP contribution in [0.2, 0.25) is 0 Å². The Morgan fingerprint density at radius 2 is 2.32 bits per heavy atom. The van der Waals surface area contributed by atoms with Crippen molar-refractivity contribution in [2.24, 2.45) is 5.73 Å². The number of carbonyl (C=O) groups is 2. The van der Waals surface area contributed by atoms with Crippen molar-refractivity contribution >= 4 is 17.6 Å². The molecule has 7 heteroatoms. The summed E-state index contributed by atoms with van der Waals surface area (Å²) in [5.74, 6) is -0.0710. The van der Waals surface area contributed by atoms with Crippen LogP contribution >= 0.6 is 0 Å². The summed E-state index contributed by atoms with van der Waals surface area (Å²) in [6.07, 6.45) is 0. The molecule has 102 valence electrons. The summed E-state index contributed by atoms with van der Waals surface area (Å²) in [5.41, 5.74) is 5.42. The monoisotopic (exact) mass is 263 g/mol. The standard InChI is InChI=1S/C12H17N5O2/c1-14-12(19)9-7-15-5-6-17(9)10-4-2-3-8(16-10)11(13)18/h2-4,9,15H,5-7H2,1H3,(H2,13,18)(H,14,19). The number of piperazine rings is 1. The molecule has 0 aromatic carbocycles. The van der Waals surface area contributed by atoms with Crippen molar-refractivity contribution in [1.29, 1.82) is 0 Å². The number of likely N-dealkylation sites (N-methyl/N-ethyl adjacent to an activating group) is 1. The lowest BCUT2D eigenvalue weighted by Crippen LogP contribution is -2.58. The van der Waals surface area contributed by atoms with Gasteiger partial charge in [0.15, 0.2) is 0 Å². The summed E-state index contributed by atoms with van der Waals surface area (Å²) in [6, 6.07) is 4.71. The number of nitrogens with zero attached hydrogens (tertiary/aromatic N) is 2. The van der Waals surface area contributed by atoms with Gasteiger partial charge in [-0.1, -0.05) is 6.07 Å². The van der Waals surface area contributed by atoms with Gasteiger partial charge in [-0.05, 0) is 12.1 Å². The highest BCUT2D eigenvalue weighted by atomic mass is 16.2. The first-order valence-corrected chi connectivity index (χ1v) is 6.09. The fraction of sp³-hybridized carbons (Fsp3) is 0.417. The second-order valence-electron chi connectivity index (χ2n) is 4.27. The predicted octanol–water partition coefficient (Wildman–Crippen LogP) is -1.30. The van der Waals surface area contributed by atoms with E-state index in [4.69, 9.17) is 5.73 Å². The zero-order valence-electron chi connectivity index (χ0n) is 10.7. The molecule has 2 rings (SSSR count). The molecular weight excluding hydrogens is 246 g/mol. The Labute approximate surface area is 111 Å². The molecule has 7 nitrogen and oxygen atoms in total. The maximum absolute atomic E-state index is 11.9. The quantitative estimate of drug-likeness (QED) is 0.629. The van der Waals surface area contributed by atoms with Crippen molar-refractivity contribution in [3.05, 3.63) is 23.9 Å². The average Bonchev–Trinajstić information content (AvgIpc) is 2.46. The lowest BCUT2D eigenvalue weighted by molar-refractivity contribution is -0.122. The van der Waals surface area contributed by atoms with Gasteiger partial charge < -0.3 is 21.3 Å². The first kappa shape index (κ1) is 13.3. The molecule has 0 spiro atoms. The van der Waals surface area contributed by atoms with Gasteiger partial charge >= 0.3 is 0 Å². The molecular formula is C12H17N5O2. The van der Waals surface area contributed by atoms with E-state index >= 15 is 0 Å². The van der Waals surface area contributed by atoms with Crippen molar-refractivity contribution < 1.29 is 9.59 Å². The molecule has 1 aromatic rings. The van der Waals surface area contributed by atoms with E-state index in [0.29, 0.717) is 18.9 Å². The second-order valence-corrected chi connectivity index (χ2v) is 4.27. The Balaban J connectivity index is 2.29. The number of anilines is 1. The van der Waals surface area contributed by atoms with E-state index in [-0.39, 0.29) is 17.6 Å². The largest absolute Gasteiger partial charge is 0.364 e. The van der Waals surface area contributed by atoms with E-state index < -0.39 is 5.91 Å². The number of primary amides is 1. The number of pyridine rings is 1. The highest BCUT2D eigenvalue weighted by Crippen LogP contribution is 2.16. The van der Waals surface area contributed by atoms with Crippen LogP contribution in [0.3, 0.4) is 0 Å².